The molecule has 2 amide bonds. The van der Waals surface area contributed by atoms with E-state index < -0.39 is 17.4 Å². The average molecular weight is 711 g/mol. The predicted octanol–water partition coefficient (Wildman–Crippen LogP) is 4.59. The molecular formula is C36H44F2N6O5S. The van der Waals surface area contributed by atoms with Crippen LogP contribution in [0, 0.1) is 17.0 Å². The van der Waals surface area contributed by atoms with Crippen LogP contribution in [-0.4, -0.2) is 90.5 Å². The van der Waals surface area contributed by atoms with Gasteiger partial charge in [-0.1, -0.05) is 0 Å². The molecule has 0 aliphatic carbocycles. The van der Waals surface area contributed by atoms with Gasteiger partial charge in [-0.15, -0.1) is 0 Å². The number of nitrogens with zero attached hydrogens (tertiary/aromatic N) is 3. The van der Waals surface area contributed by atoms with Gasteiger partial charge in [0.05, 0.1) is 17.0 Å². The van der Waals surface area contributed by atoms with E-state index in [1.807, 2.05) is 0 Å². The van der Waals surface area contributed by atoms with Gasteiger partial charge in [0, 0.05) is 62.3 Å². The Hall–Kier alpha value is -3.75. The summed E-state index contributed by atoms with van der Waals surface area (Å²) in [7, 11) is 0. The summed E-state index contributed by atoms with van der Waals surface area (Å²) in [6.45, 7) is 6.04. The fraction of sp³-hybridized carbons (Fsp3) is 0.556. The first-order valence-electron chi connectivity index (χ1n) is 17.7. The quantitative estimate of drug-likeness (QED) is 0.257. The number of thioether (sulfide) groups is 1. The third kappa shape index (κ3) is 8.07. The number of likely N-dealkylation sites (tertiary alicyclic amines) is 1. The van der Waals surface area contributed by atoms with Crippen LogP contribution in [0.25, 0.3) is 10.9 Å². The number of imide groups is 1. The zero-order valence-electron chi connectivity index (χ0n) is 28.1. The lowest BCUT2D eigenvalue weighted by molar-refractivity contribution is -0.133. The molecule has 4 saturated heterocycles. The molecule has 14 heteroatoms. The minimum atomic E-state index is -0.638. The highest BCUT2D eigenvalue weighted by molar-refractivity contribution is 7.99. The second-order valence-corrected chi connectivity index (χ2v) is 15.2. The van der Waals surface area contributed by atoms with E-state index in [-0.39, 0.29) is 34.9 Å². The van der Waals surface area contributed by atoms with Gasteiger partial charge in [-0.05, 0) is 81.6 Å². The SMILES string of the molecule is O=C1CCC(Nc2ccc(N3CCC4(CCN(CCOc5cc(F)c6c(=O)[nH]c(CSC7CCOCC7)nc6c5)CC4)CC3)c(F)c2)C(=O)N1. The summed E-state index contributed by atoms with van der Waals surface area (Å²) in [6.07, 6.45) is 6.69. The predicted molar refractivity (Wildman–Crippen MR) is 189 cm³/mol. The molecule has 3 aromatic rings. The molecule has 3 N–H and O–H groups in total. The number of rotatable bonds is 10. The summed E-state index contributed by atoms with van der Waals surface area (Å²) in [6, 6.07) is 7.35. The van der Waals surface area contributed by atoms with Gasteiger partial charge in [-0.25, -0.2) is 13.8 Å². The standard InChI is InChI=1S/C36H44F2N6O5S/c37-26-19-23(39-28-2-4-32(45)42-34(28)46)1-3-30(26)44-13-9-36(10-14-44)7-11-43(12-8-36)15-18-49-24-20-27(38)33-29(21-24)40-31(41-35(33)47)22-50-25-5-16-48-17-6-25/h1,3,19-21,25,28,39H,2,4-18,22H2,(H,40,41,47)(H,42,45,46). The van der Waals surface area contributed by atoms with E-state index in [9.17, 15) is 18.8 Å². The Bertz CT molecular complexity index is 1770. The van der Waals surface area contributed by atoms with Crippen molar-refractivity contribution in [1.82, 2.24) is 20.2 Å². The minimum Gasteiger partial charge on any atom is -0.492 e. The Morgan fingerprint density at radius 1 is 0.980 bits per heavy atom. The zero-order valence-corrected chi connectivity index (χ0v) is 28.9. The van der Waals surface area contributed by atoms with Crippen LogP contribution in [0.5, 0.6) is 5.75 Å². The average Bonchev–Trinajstić information content (AvgIpc) is 3.10. The third-order valence-corrected chi connectivity index (χ3v) is 12.1. The molecule has 0 bridgehead atoms. The zero-order chi connectivity index (χ0) is 34.7. The van der Waals surface area contributed by atoms with Crippen molar-refractivity contribution in [2.45, 2.75) is 68.4 Å². The van der Waals surface area contributed by atoms with Crippen molar-refractivity contribution < 1.29 is 27.8 Å². The van der Waals surface area contributed by atoms with E-state index in [2.05, 4.69) is 30.4 Å². The summed E-state index contributed by atoms with van der Waals surface area (Å²) >= 11 is 1.74. The summed E-state index contributed by atoms with van der Waals surface area (Å²) in [5, 5.41) is 5.78. The smallest absolute Gasteiger partial charge is 0.261 e. The van der Waals surface area contributed by atoms with Crippen molar-refractivity contribution in [3.63, 3.8) is 0 Å². The molecule has 4 aliphatic rings. The van der Waals surface area contributed by atoms with E-state index in [4.69, 9.17) is 9.47 Å². The normalized spacial score (nSPS) is 21.8. The lowest BCUT2D eigenvalue weighted by atomic mass is 9.71. The highest BCUT2D eigenvalue weighted by atomic mass is 32.2. The van der Waals surface area contributed by atoms with Crippen molar-refractivity contribution in [2.75, 3.05) is 62.8 Å². The van der Waals surface area contributed by atoms with Crippen LogP contribution in [0.1, 0.15) is 57.2 Å². The maximum atomic E-state index is 15.2. The van der Waals surface area contributed by atoms with Gasteiger partial charge in [-0.3, -0.25) is 24.6 Å². The maximum absolute atomic E-state index is 15.2. The molecule has 4 fully saturated rings. The Morgan fingerprint density at radius 3 is 2.48 bits per heavy atom. The Balaban J connectivity index is 0.868. The van der Waals surface area contributed by atoms with Crippen LogP contribution in [0.15, 0.2) is 35.1 Å². The number of hydrogen-bond donors (Lipinski definition) is 3. The number of ether oxygens (including phenoxy) is 2. The Labute approximate surface area is 293 Å². The molecule has 11 nitrogen and oxygen atoms in total. The van der Waals surface area contributed by atoms with Gasteiger partial charge in [0.1, 0.15) is 41.2 Å². The number of carbonyl (C=O) groups is 2. The van der Waals surface area contributed by atoms with Crippen LogP contribution in [-0.2, 0) is 20.1 Å². The molecule has 5 heterocycles. The Kier molecular flexibility index (Phi) is 10.6. The van der Waals surface area contributed by atoms with E-state index in [0.29, 0.717) is 59.0 Å². The summed E-state index contributed by atoms with van der Waals surface area (Å²) < 4.78 is 41.6. The second-order valence-electron chi connectivity index (χ2n) is 13.9. The number of amides is 2. The maximum Gasteiger partial charge on any atom is 0.261 e. The molecule has 268 valence electrons. The molecule has 4 aliphatic heterocycles. The molecule has 0 saturated carbocycles. The van der Waals surface area contributed by atoms with Gasteiger partial charge in [0.15, 0.2) is 0 Å². The van der Waals surface area contributed by atoms with Crippen LogP contribution in [0.2, 0.25) is 0 Å². The number of piperidine rings is 3. The van der Waals surface area contributed by atoms with Crippen LogP contribution in [0.4, 0.5) is 20.2 Å². The number of carbonyl (C=O) groups excluding carboxylic acids is 2. The van der Waals surface area contributed by atoms with Gasteiger partial charge in [0.25, 0.3) is 5.56 Å². The fourth-order valence-electron chi connectivity index (χ4n) is 7.59. The molecule has 0 radical (unpaired) electrons. The highest BCUT2D eigenvalue weighted by Crippen LogP contribution is 2.42. The molecule has 1 atom stereocenters. The largest absolute Gasteiger partial charge is 0.492 e. The lowest BCUT2D eigenvalue weighted by Gasteiger charge is -2.47. The van der Waals surface area contributed by atoms with Crippen molar-refractivity contribution >= 4 is 45.9 Å². The van der Waals surface area contributed by atoms with Crippen molar-refractivity contribution in [3.05, 3.63) is 58.1 Å². The van der Waals surface area contributed by atoms with Gasteiger partial charge < -0.3 is 24.7 Å². The summed E-state index contributed by atoms with van der Waals surface area (Å²) in [5.74, 6) is -0.183. The van der Waals surface area contributed by atoms with Crippen LogP contribution < -0.4 is 25.8 Å². The van der Waals surface area contributed by atoms with Crippen LogP contribution >= 0.6 is 11.8 Å². The fourth-order valence-corrected chi connectivity index (χ4v) is 8.65. The monoisotopic (exact) mass is 710 g/mol. The van der Waals surface area contributed by atoms with Crippen molar-refractivity contribution in [1.29, 1.82) is 0 Å². The molecule has 2 aromatic carbocycles. The second kappa shape index (κ2) is 15.2. The number of fused-ring (bicyclic) bond motifs is 1. The Morgan fingerprint density at radius 2 is 1.74 bits per heavy atom. The number of H-pyrrole nitrogens is 1. The number of nitrogens with one attached hydrogen (secondary N) is 3. The number of benzene rings is 2. The van der Waals surface area contributed by atoms with Gasteiger partial charge >= 0.3 is 0 Å². The van der Waals surface area contributed by atoms with Crippen molar-refractivity contribution in [2.24, 2.45) is 5.41 Å². The summed E-state index contributed by atoms with van der Waals surface area (Å²) in [5.41, 5.74) is 1.15. The van der Waals surface area contributed by atoms with Crippen LogP contribution in [0.3, 0.4) is 0 Å². The van der Waals surface area contributed by atoms with E-state index in [1.165, 1.54) is 12.1 Å². The molecule has 1 unspecified atom stereocenters. The summed E-state index contributed by atoms with van der Waals surface area (Å²) in [4.78, 5) is 47.9. The van der Waals surface area contributed by atoms with E-state index in [1.54, 1.807) is 30.0 Å². The van der Waals surface area contributed by atoms with Gasteiger partial charge in [0.2, 0.25) is 11.8 Å². The molecule has 1 spiro atoms. The number of halogens is 2. The van der Waals surface area contributed by atoms with Crippen molar-refractivity contribution in [3.8, 4) is 5.75 Å². The topological polar surface area (TPSA) is 129 Å². The first kappa shape index (κ1) is 34.7. The molecular weight excluding hydrogens is 666 g/mol. The first-order valence-corrected chi connectivity index (χ1v) is 18.7. The van der Waals surface area contributed by atoms with E-state index >= 15 is 4.39 Å². The van der Waals surface area contributed by atoms with E-state index in [0.717, 1.165) is 77.9 Å². The highest BCUT2D eigenvalue weighted by Gasteiger charge is 2.38. The third-order valence-electron chi connectivity index (χ3n) is 10.7. The molecule has 1 aromatic heterocycles. The molecule has 50 heavy (non-hydrogen) atoms. The number of aromatic nitrogens is 2. The lowest BCUT2D eigenvalue weighted by Crippen LogP contribution is -2.47. The molecule has 7 rings (SSSR count). The minimum absolute atomic E-state index is 0.0499. The number of aromatic amines is 1. The first-order chi connectivity index (χ1) is 24.2. The number of anilines is 2. The number of hydrogen-bond acceptors (Lipinski definition) is 10. The van der Waals surface area contributed by atoms with Gasteiger partial charge in [-0.2, -0.15) is 11.8 Å².